The molecule has 7 heteroatoms. The Bertz CT molecular complexity index is 1230. The summed E-state index contributed by atoms with van der Waals surface area (Å²) in [5.41, 5.74) is 3.53. The number of thiazole rings is 1. The molecule has 0 spiro atoms. The van der Waals surface area contributed by atoms with Crippen molar-refractivity contribution >= 4 is 26.5 Å². The summed E-state index contributed by atoms with van der Waals surface area (Å²) in [4.78, 5) is 4.68. The molecule has 0 aliphatic rings. The van der Waals surface area contributed by atoms with Crippen molar-refractivity contribution in [2.24, 2.45) is 0 Å². The highest BCUT2D eigenvalue weighted by atomic mass is 32.2. The molecule has 0 aliphatic heterocycles. The summed E-state index contributed by atoms with van der Waals surface area (Å²) in [6.45, 7) is 2.35. The minimum Gasteiger partial charge on any atom is -0.488 e. The number of ether oxygens (including phenoxy) is 1. The molecule has 152 valence electrons. The Labute approximate surface area is 180 Å². The van der Waals surface area contributed by atoms with E-state index in [1.54, 1.807) is 24.3 Å². The van der Waals surface area contributed by atoms with E-state index in [1.807, 2.05) is 66.9 Å². The molecule has 0 aliphatic carbocycles. The Morgan fingerprint density at radius 1 is 0.933 bits per heavy atom. The maximum Gasteiger partial charge on any atom is 0.263 e. The van der Waals surface area contributed by atoms with Gasteiger partial charge in [0.05, 0.1) is 10.6 Å². The molecule has 4 rings (SSSR count). The van der Waals surface area contributed by atoms with Gasteiger partial charge in [-0.2, -0.15) is 0 Å². The van der Waals surface area contributed by atoms with Gasteiger partial charge in [0.2, 0.25) is 0 Å². The van der Waals surface area contributed by atoms with Gasteiger partial charge in [-0.15, -0.1) is 11.3 Å². The zero-order valence-corrected chi connectivity index (χ0v) is 17.9. The second kappa shape index (κ2) is 8.69. The lowest BCUT2D eigenvalue weighted by Gasteiger charge is -2.10. The molecule has 0 atom stereocenters. The van der Waals surface area contributed by atoms with Gasteiger partial charge in [0.1, 0.15) is 12.4 Å². The van der Waals surface area contributed by atoms with Crippen LogP contribution in [0, 0.1) is 6.92 Å². The summed E-state index contributed by atoms with van der Waals surface area (Å²) in [7, 11) is -3.69. The van der Waals surface area contributed by atoms with E-state index < -0.39 is 10.0 Å². The largest absolute Gasteiger partial charge is 0.488 e. The van der Waals surface area contributed by atoms with Crippen molar-refractivity contribution in [2.45, 2.75) is 18.4 Å². The van der Waals surface area contributed by atoms with Crippen LogP contribution in [0.4, 0.5) is 5.13 Å². The van der Waals surface area contributed by atoms with Crippen LogP contribution < -0.4 is 9.46 Å². The van der Waals surface area contributed by atoms with Crippen LogP contribution in [0.5, 0.6) is 5.75 Å². The molecule has 0 saturated heterocycles. The Kier molecular flexibility index (Phi) is 5.83. The molecular weight excluding hydrogens is 416 g/mol. The van der Waals surface area contributed by atoms with Crippen molar-refractivity contribution in [3.63, 3.8) is 0 Å². The Hall–Kier alpha value is -3.16. The standard InChI is InChI=1S/C23H20N2O3S2/c1-17-11-13-19(14-12-17)30(26,27)25-23-24-21(16-29-23)20-9-5-6-10-22(20)28-15-18-7-3-2-4-8-18/h2-14,16H,15H2,1H3,(H,24,25). The second-order valence-corrected chi connectivity index (χ2v) is 9.27. The maximum atomic E-state index is 12.6. The van der Waals surface area contributed by atoms with E-state index >= 15 is 0 Å². The molecule has 4 aromatic rings. The summed E-state index contributed by atoms with van der Waals surface area (Å²) in [6.07, 6.45) is 0. The highest BCUT2D eigenvalue weighted by Gasteiger charge is 2.17. The van der Waals surface area contributed by atoms with Gasteiger partial charge in [-0.25, -0.2) is 13.4 Å². The monoisotopic (exact) mass is 436 g/mol. The fourth-order valence-corrected chi connectivity index (χ4v) is 4.84. The number of nitrogens with zero attached hydrogens (tertiary/aromatic N) is 1. The fourth-order valence-electron chi connectivity index (χ4n) is 2.88. The summed E-state index contributed by atoms with van der Waals surface area (Å²) in [5.74, 6) is 0.694. The van der Waals surface area contributed by atoms with Gasteiger partial charge in [-0.05, 0) is 36.8 Å². The normalized spacial score (nSPS) is 11.2. The minimum atomic E-state index is -3.69. The minimum absolute atomic E-state index is 0.205. The quantitative estimate of drug-likeness (QED) is 0.415. The molecular formula is C23H20N2O3S2. The number of hydrogen-bond acceptors (Lipinski definition) is 5. The Morgan fingerprint density at radius 3 is 2.40 bits per heavy atom. The number of hydrogen-bond donors (Lipinski definition) is 1. The molecule has 1 heterocycles. The second-order valence-electron chi connectivity index (χ2n) is 6.73. The topological polar surface area (TPSA) is 68.3 Å². The van der Waals surface area contributed by atoms with Gasteiger partial charge in [0, 0.05) is 10.9 Å². The fraction of sp³-hybridized carbons (Fsp3) is 0.0870. The molecule has 0 amide bonds. The number of anilines is 1. The smallest absolute Gasteiger partial charge is 0.263 e. The van der Waals surface area contributed by atoms with Crippen LogP contribution in [0.1, 0.15) is 11.1 Å². The number of para-hydroxylation sites is 1. The molecule has 1 aromatic heterocycles. The van der Waals surface area contributed by atoms with Crippen molar-refractivity contribution in [2.75, 3.05) is 4.72 Å². The van der Waals surface area contributed by atoms with Crippen LogP contribution in [0.25, 0.3) is 11.3 Å². The third-order valence-corrected chi connectivity index (χ3v) is 6.70. The van der Waals surface area contributed by atoms with Crippen LogP contribution in [0.3, 0.4) is 0 Å². The number of sulfonamides is 1. The van der Waals surface area contributed by atoms with Crippen LogP contribution in [0.15, 0.2) is 89.1 Å². The van der Waals surface area contributed by atoms with Crippen molar-refractivity contribution in [3.8, 4) is 17.0 Å². The summed E-state index contributed by atoms with van der Waals surface area (Å²) in [6, 6.07) is 24.2. The van der Waals surface area contributed by atoms with Gasteiger partial charge in [0.25, 0.3) is 10.0 Å². The summed E-state index contributed by atoms with van der Waals surface area (Å²) >= 11 is 1.24. The number of rotatable bonds is 7. The lowest BCUT2D eigenvalue weighted by atomic mass is 10.1. The van der Waals surface area contributed by atoms with Crippen LogP contribution in [0.2, 0.25) is 0 Å². The van der Waals surface area contributed by atoms with Crippen molar-refractivity contribution in [1.29, 1.82) is 0 Å². The van der Waals surface area contributed by atoms with E-state index in [0.717, 1.165) is 16.7 Å². The predicted octanol–water partition coefficient (Wildman–Crippen LogP) is 5.50. The van der Waals surface area contributed by atoms with Crippen molar-refractivity contribution < 1.29 is 13.2 Å². The van der Waals surface area contributed by atoms with Crippen LogP contribution >= 0.6 is 11.3 Å². The molecule has 0 radical (unpaired) electrons. The molecule has 0 fully saturated rings. The first kappa shape index (κ1) is 20.1. The molecule has 5 nitrogen and oxygen atoms in total. The molecule has 1 N–H and O–H groups in total. The molecule has 3 aromatic carbocycles. The Balaban J connectivity index is 1.53. The van der Waals surface area contributed by atoms with Crippen LogP contribution in [-0.4, -0.2) is 13.4 Å². The van der Waals surface area contributed by atoms with E-state index in [-0.39, 0.29) is 4.90 Å². The number of aromatic nitrogens is 1. The van der Waals surface area contributed by atoms with E-state index in [1.165, 1.54) is 11.3 Å². The average molecular weight is 437 g/mol. The summed E-state index contributed by atoms with van der Waals surface area (Å²) < 4.78 is 33.8. The highest BCUT2D eigenvalue weighted by molar-refractivity contribution is 7.93. The van der Waals surface area contributed by atoms with Gasteiger partial charge < -0.3 is 4.74 Å². The number of benzene rings is 3. The van der Waals surface area contributed by atoms with Crippen molar-refractivity contribution in [1.82, 2.24) is 4.98 Å². The van der Waals surface area contributed by atoms with E-state index in [9.17, 15) is 8.42 Å². The first-order valence-corrected chi connectivity index (χ1v) is 11.7. The zero-order valence-electron chi connectivity index (χ0n) is 16.3. The van der Waals surface area contributed by atoms with Gasteiger partial charge >= 0.3 is 0 Å². The third kappa shape index (κ3) is 4.69. The average Bonchev–Trinajstić information content (AvgIpc) is 3.21. The Morgan fingerprint density at radius 2 is 1.63 bits per heavy atom. The van der Waals surface area contributed by atoms with E-state index in [0.29, 0.717) is 23.2 Å². The highest BCUT2D eigenvalue weighted by Crippen LogP contribution is 2.33. The molecule has 0 bridgehead atoms. The van der Waals surface area contributed by atoms with Crippen LogP contribution in [-0.2, 0) is 16.6 Å². The number of aryl methyl sites for hydroxylation is 1. The predicted molar refractivity (Wildman–Crippen MR) is 120 cm³/mol. The first-order chi connectivity index (χ1) is 14.5. The lowest BCUT2D eigenvalue weighted by molar-refractivity contribution is 0.307. The van der Waals surface area contributed by atoms with Gasteiger partial charge in [-0.1, -0.05) is 60.2 Å². The zero-order chi connectivity index (χ0) is 21.0. The molecule has 0 unspecified atom stereocenters. The van der Waals surface area contributed by atoms with Crippen molar-refractivity contribution in [3.05, 3.63) is 95.4 Å². The first-order valence-electron chi connectivity index (χ1n) is 9.32. The maximum absolute atomic E-state index is 12.6. The third-order valence-electron chi connectivity index (χ3n) is 4.46. The van der Waals surface area contributed by atoms with E-state index in [4.69, 9.17) is 4.74 Å². The lowest BCUT2D eigenvalue weighted by Crippen LogP contribution is -2.12. The SMILES string of the molecule is Cc1ccc(S(=O)(=O)Nc2nc(-c3ccccc3OCc3ccccc3)cs2)cc1. The summed E-state index contributed by atoms with van der Waals surface area (Å²) in [5, 5.41) is 2.13. The molecule has 0 saturated carbocycles. The van der Waals surface area contributed by atoms with Gasteiger partial charge in [-0.3, -0.25) is 4.72 Å². The van der Waals surface area contributed by atoms with E-state index in [2.05, 4.69) is 9.71 Å². The molecule has 30 heavy (non-hydrogen) atoms. The number of nitrogens with one attached hydrogen (secondary N) is 1. The van der Waals surface area contributed by atoms with Gasteiger partial charge in [0.15, 0.2) is 5.13 Å².